The number of hydrogen-bond donors (Lipinski definition) is 2. The standard InChI is InChI=1S/C17H17N3O/c1-20(11-13-7-3-2-4-8-13)12-16-18-15-10-6-5-9-14(15)17(21)19-16/h2-10H,11-12H2,1H3,(H,18,19,21)/p+1. The predicted octanol–water partition coefficient (Wildman–Crippen LogP) is 1.14. The molecule has 3 aromatic rings. The van der Waals surface area contributed by atoms with Gasteiger partial charge >= 0.3 is 0 Å². The fourth-order valence-corrected chi connectivity index (χ4v) is 2.51. The summed E-state index contributed by atoms with van der Waals surface area (Å²) < 4.78 is 0. The Hall–Kier alpha value is -2.46. The molecular formula is C17H18N3O+. The number of aromatic nitrogens is 2. The van der Waals surface area contributed by atoms with Crippen molar-refractivity contribution in [2.45, 2.75) is 13.1 Å². The smallest absolute Gasteiger partial charge is 0.258 e. The second kappa shape index (κ2) is 5.89. The van der Waals surface area contributed by atoms with Gasteiger partial charge in [-0.25, -0.2) is 4.98 Å². The van der Waals surface area contributed by atoms with Gasteiger partial charge in [0.2, 0.25) is 0 Å². The Morgan fingerprint density at radius 2 is 1.71 bits per heavy atom. The van der Waals surface area contributed by atoms with Crippen molar-refractivity contribution in [1.29, 1.82) is 0 Å². The van der Waals surface area contributed by atoms with Crippen LogP contribution in [0.4, 0.5) is 0 Å². The lowest BCUT2D eigenvalue weighted by atomic mass is 10.2. The Morgan fingerprint density at radius 3 is 2.52 bits per heavy atom. The normalized spacial score (nSPS) is 12.4. The summed E-state index contributed by atoms with van der Waals surface area (Å²) in [5.74, 6) is 0.729. The minimum Gasteiger partial charge on any atom is -0.327 e. The van der Waals surface area contributed by atoms with Gasteiger partial charge in [0, 0.05) is 5.56 Å². The SMILES string of the molecule is C[NH+](Cc1ccccc1)Cc1nc2ccccc2c(=O)[nH]1. The first-order chi connectivity index (χ1) is 10.2. The first-order valence-corrected chi connectivity index (χ1v) is 7.05. The molecular weight excluding hydrogens is 262 g/mol. The van der Waals surface area contributed by atoms with Crippen molar-refractivity contribution in [2.24, 2.45) is 0 Å². The van der Waals surface area contributed by atoms with Crippen LogP contribution in [0.15, 0.2) is 59.4 Å². The number of fused-ring (bicyclic) bond motifs is 1. The summed E-state index contributed by atoms with van der Waals surface area (Å²) >= 11 is 0. The van der Waals surface area contributed by atoms with Gasteiger partial charge in [0.15, 0.2) is 5.82 Å². The van der Waals surface area contributed by atoms with Crippen LogP contribution in [0, 0.1) is 0 Å². The molecule has 0 radical (unpaired) electrons. The molecule has 0 aliphatic carbocycles. The van der Waals surface area contributed by atoms with Crippen molar-refractivity contribution in [3.63, 3.8) is 0 Å². The number of quaternary nitrogens is 1. The lowest BCUT2D eigenvalue weighted by molar-refractivity contribution is -0.908. The van der Waals surface area contributed by atoms with Crippen LogP contribution in [-0.4, -0.2) is 17.0 Å². The molecule has 1 unspecified atom stereocenters. The molecule has 106 valence electrons. The predicted molar refractivity (Wildman–Crippen MR) is 83.1 cm³/mol. The minimum atomic E-state index is -0.0666. The number of nitrogens with zero attached hydrogens (tertiary/aromatic N) is 1. The molecule has 0 aliphatic heterocycles. The van der Waals surface area contributed by atoms with Gasteiger partial charge < -0.3 is 9.88 Å². The highest BCUT2D eigenvalue weighted by molar-refractivity contribution is 5.77. The first-order valence-electron chi connectivity index (χ1n) is 7.05. The molecule has 0 amide bonds. The largest absolute Gasteiger partial charge is 0.327 e. The van der Waals surface area contributed by atoms with E-state index in [1.807, 2.05) is 36.4 Å². The van der Waals surface area contributed by atoms with E-state index in [0.29, 0.717) is 11.9 Å². The van der Waals surface area contributed by atoms with Crippen LogP contribution >= 0.6 is 0 Å². The average molecular weight is 280 g/mol. The molecule has 0 fully saturated rings. The van der Waals surface area contributed by atoms with Crippen molar-refractivity contribution in [1.82, 2.24) is 9.97 Å². The molecule has 0 aliphatic rings. The molecule has 0 saturated heterocycles. The van der Waals surface area contributed by atoms with Crippen LogP contribution in [0.5, 0.6) is 0 Å². The molecule has 1 heterocycles. The second-order valence-electron chi connectivity index (χ2n) is 5.33. The first kappa shape index (κ1) is 13.5. The maximum atomic E-state index is 12.0. The Kier molecular flexibility index (Phi) is 3.79. The molecule has 4 nitrogen and oxygen atoms in total. The lowest BCUT2D eigenvalue weighted by Crippen LogP contribution is -3.06. The van der Waals surface area contributed by atoms with Crippen LogP contribution in [0.3, 0.4) is 0 Å². The fourth-order valence-electron chi connectivity index (χ4n) is 2.51. The van der Waals surface area contributed by atoms with Gasteiger partial charge in [-0.3, -0.25) is 4.79 Å². The Labute approximate surface area is 123 Å². The van der Waals surface area contributed by atoms with Crippen LogP contribution < -0.4 is 10.5 Å². The molecule has 0 spiro atoms. The van der Waals surface area contributed by atoms with Crippen molar-refractivity contribution in [3.05, 3.63) is 76.3 Å². The number of nitrogens with one attached hydrogen (secondary N) is 2. The van der Waals surface area contributed by atoms with Gasteiger partial charge in [0.25, 0.3) is 5.56 Å². The number of aromatic amines is 1. The summed E-state index contributed by atoms with van der Waals surface area (Å²) in [7, 11) is 2.10. The van der Waals surface area contributed by atoms with Gasteiger partial charge in [-0.2, -0.15) is 0 Å². The Morgan fingerprint density at radius 1 is 1.00 bits per heavy atom. The number of rotatable bonds is 4. The van der Waals surface area contributed by atoms with Gasteiger partial charge in [-0.15, -0.1) is 0 Å². The number of H-pyrrole nitrogens is 1. The third kappa shape index (κ3) is 3.17. The molecule has 0 saturated carbocycles. The zero-order valence-corrected chi connectivity index (χ0v) is 12.0. The molecule has 3 rings (SSSR count). The fraction of sp³-hybridized carbons (Fsp3) is 0.176. The minimum absolute atomic E-state index is 0.0666. The average Bonchev–Trinajstić information content (AvgIpc) is 2.48. The van der Waals surface area contributed by atoms with Gasteiger partial charge in [-0.05, 0) is 12.1 Å². The second-order valence-corrected chi connectivity index (χ2v) is 5.33. The van der Waals surface area contributed by atoms with E-state index in [0.717, 1.165) is 17.9 Å². The molecule has 0 bridgehead atoms. The molecule has 1 aromatic heterocycles. The van der Waals surface area contributed by atoms with E-state index in [1.165, 1.54) is 10.5 Å². The van der Waals surface area contributed by atoms with E-state index < -0.39 is 0 Å². The van der Waals surface area contributed by atoms with Crippen molar-refractivity contribution < 1.29 is 4.90 Å². The summed E-state index contributed by atoms with van der Waals surface area (Å²) in [6.45, 7) is 1.59. The summed E-state index contributed by atoms with van der Waals surface area (Å²) in [4.78, 5) is 20.7. The molecule has 1 atom stereocenters. The summed E-state index contributed by atoms with van der Waals surface area (Å²) in [6.07, 6.45) is 0. The van der Waals surface area contributed by atoms with Crippen molar-refractivity contribution >= 4 is 10.9 Å². The third-order valence-corrected chi connectivity index (χ3v) is 3.48. The highest BCUT2D eigenvalue weighted by atomic mass is 16.1. The Bertz CT molecular complexity index is 796. The summed E-state index contributed by atoms with van der Waals surface area (Å²) in [5, 5.41) is 0.641. The Balaban J connectivity index is 1.80. The van der Waals surface area contributed by atoms with Gasteiger partial charge in [-0.1, -0.05) is 42.5 Å². The van der Waals surface area contributed by atoms with E-state index in [4.69, 9.17) is 0 Å². The van der Waals surface area contributed by atoms with E-state index in [9.17, 15) is 4.79 Å². The van der Waals surface area contributed by atoms with E-state index >= 15 is 0 Å². The van der Waals surface area contributed by atoms with Gasteiger partial charge in [0.05, 0.1) is 18.0 Å². The van der Waals surface area contributed by atoms with Crippen molar-refractivity contribution in [3.8, 4) is 0 Å². The summed E-state index contributed by atoms with van der Waals surface area (Å²) in [6, 6.07) is 17.7. The third-order valence-electron chi connectivity index (χ3n) is 3.48. The molecule has 4 heteroatoms. The quantitative estimate of drug-likeness (QED) is 0.753. The number of hydrogen-bond acceptors (Lipinski definition) is 2. The van der Waals surface area contributed by atoms with E-state index in [2.05, 4.69) is 29.1 Å². The van der Waals surface area contributed by atoms with Gasteiger partial charge in [0.1, 0.15) is 13.1 Å². The monoisotopic (exact) mass is 280 g/mol. The van der Waals surface area contributed by atoms with Crippen LogP contribution in [0.2, 0.25) is 0 Å². The zero-order valence-electron chi connectivity index (χ0n) is 12.0. The maximum Gasteiger partial charge on any atom is 0.258 e. The topological polar surface area (TPSA) is 50.2 Å². The van der Waals surface area contributed by atoms with E-state index in [1.54, 1.807) is 6.07 Å². The van der Waals surface area contributed by atoms with Crippen LogP contribution in [-0.2, 0) is 13.1 Å². The molecule has 2 N–H and O–H groups in total. The molecule has 2 aromatic carbocycles. The highest BCUT2D eigenvalue weighted by Crippen LogP contribution is 2.05. The van der Waals surface area contributed by atoms with Crippen LogP contribution in [0.1, 0.15) is 11.4 Å². The van der Waals surface area contributed by atoms with Crippen molar-refractivity contribution in [2.75, 3.05) is 7.05 Å². The summed E-state index contributed by atoms with van der Waals surface area (Å²) in [5.41, 5.74) is 1.96. The number of benzene rings is 2. The maximum absolute atomic E-state index is 12.0. The van der Waals surface area contributed by atoms with Crippen LogP contribution in [0.25, 0.3) is 10.9 Å². The lowest BCUT2D eigenvalue weighted by Gasteiger charge is -2.13. The molecule has 21 heavy (non-hydrogen) atoms. The number of para-hydroxylation sites is 1. The highest BCUT2D eigenvalue weighted by Gasteiger charge is 2.09. The zero-order chi connectivity index (χ0) is 14.7. The van der Waals surface area contributed by atoms with E-state index in [-0.39, 0.29) is 5.56 Å².